The molecule has 2 N–H and O–H groups in total. The van der Waals surface area contributed by atoms with Crippen LogP contribution < -0.4 is 0 Å². The summed E-state index contributed by atoms with van der Waals surface area (Å²) in [6.45, 7) is 1.66. The smallest absolute Gasteiger partial charge is 0.225 e. The summed E-state index contributed by atoms with van der Waals surface area (Å²) in [5, 5.41) is 20.8. The van der Waals surface area contributed by atoms with Gasteiger partial charge in [-0.05, 0) is 25.7 Å². The molecule has 0 unspecified atom stereocenters. The first-order valence-electron chi connectivity index (χ1n) is 8.87. The van der Waals surface area contributed by atoms with Gasteiger partial charge in [-0.2, -0.15) is 0 Å². The molecule has 3 aliphatic rings. The van der Waals surface area contributed by atoms with E-state index in [0.717, 1.165) is 51.4 Å². The molecule has 0 aromatic rings. The van der Waals surface area contributed by atoms with Crippen molar-refractivity contribution in [3.8, 4) is 0 Å². The van der Waals surface area contributed by atoms with Crippen molar-refractivity contribution in [2.45, 2.75) is 75.5 Å². The first-order valence-corrected chi connectivity index (χ1v) is 8.87. The van der Waals surface area contributed by atoms with Crippen LogP contribution in [0.2, 0.25) is 0 Å². The van der Waals surface area contributed by atoms with E-state index in [4.69, 9.17) is 4.74 Å². The lowest BCUT2D eigenvalue weighted by atomic mass is 9.82. The average Bonchev–Trinajstić information content (AvgIpc) is 2.93. The van der Waals surface area contributed by atoms with Crippen LogP contribution in [-0.2, 0) is 9.53 Å². The number of nitrogens with zero attached hydrogens (tertiary/aromatic N) is 1. The minimum absolute atomic E-state index is 0.0223. The Morgan fingerprint density at radius 3 is 2.64 bits per heavy atom. The molecular weight excluding hydrogens is 282 g/mol. The van der Waals surface area contributed by atoms with Crippen molar-refractivity contribution < 1.29 is 19.7 Å². The predicted octanol–water partition coefficient (Wildman–Crippen LogP) is 1.46. The van der Waals surface area contributed by atoms with Crippen LogP contribution in [0.3, 0.4) is 0 Å². The first-order chi connectivity index (χ1) is 10.6. The Morgan fingerprint density at radius 1 is 1.18 bits per heavy atom. The molecule has 3 atom stereocenters. The van der Waals surface area contributed by atoms with E-state index in [2.05, 4.69) is 0 Å². The van der Waals surface area contributed by atoms with Crippen molar-refractivity contribution in [2.75, 3.05) is 19.8 Å². The second-order valence-corrected chi connectivity index (χ2v) is 7.35. The highest BCUT2D eigenvalue weighted by atomic mass is 16.5. The Labute approximate surface area is 132 Å². The van der Waals surface area contributed by atoms with E-state index in [-0.39, 0.29) is 30.4 Å². The van der Waals surface area contributed by atoms with E-state index in [1.807, 2.05) is 4.90 Å². The van der Waals surface area contributed by atoms with Gasteiger partial charge in [0.25, 0.3) is 0 Å². The zero-order valence-electron chi connectivity index (χ0n) is 13.4. The summed E-state index contributed by atoms with van der Waals surface area (Å²) in [4.78, 5) is 14.7. The van der Waals surface area contributed by atoms with Crippen molar-refractivity contribution >= 4 is 5.91 Å². The van der Waals surface area contributed by atoms with E-state index in [1.54, 1.807) is 0 Å². The molecule has 1 saturated heterocycles. The van der Waals surface area contributed by atoms with E-state index >= 15 is 0 Å². The van der Waals surface area contributed by atoms with Crippen molar-refractivity contribution in [2.24, 2.45) is 5.92 Å². The highest BCUT2D eigenvalue weighted by molar-refractivity contribution is 5.77. The Kier molecular flexibility index (Phi) is 5.05. The number of hydrogen-bond acceptors (Lipinski definition) is 4. The lowest BCUT2D eigenvalue weighted by molar-refractivity contribution is -0.150. The predicted molar refractivity (Wildman–Crippen MR) is 82.3 cm³/mol. The number of carbonyl (C=O) groups is 1. The number of aliphatic hydroxyl groups excluding tert-OH is 1. The fraction of sp³-hybridized carbons (Fsp3) is 0.941. The lowest BCUT2D eigenvalue weighted by Gasteiger charge is -2.42. The van der Waals surface area contributed by atoms with Crippen molar-refractivity contribution in [3.05, 3.63) is 0 Å². The second kappa shape index (κ2) is 6.85. The molecule has 3 fully saturated rings. The normalized spacial score (nSPS) is 35.5. The number of ether oxygens (including phenoxy) is 1. The summed E-state index contributed by atoms with van der Waals surface area (Å²) in [6.07, 6.45) is 7.37. The van der Waals surface area contributed by atoms with Gasteiger partial charge in [0.1, 0.15) is 0 Å². The Bertz CT molecular complexity index is 394. The van der Waals surface area contributed by atoms with E-state index < -0.39 is 5.60 Å². The molecule has 0 bridgehead atoms. The molecule has 22 heavy (non-hydrogen) atoms. The van der Waals surface area contributed by atoms with Crippen LogP contribution in [0.4, 0.5) is 0 Å². The lowest BCUT2D eigenvalue weighted by Crippen LogP contribution is -2.55. The Hall–Kier alpha value is -0.650. The summed E-state index contributed by atoms with van der Waals surface area (Å²) >= 11 is 0. The molecule has 0 aromatic carbocycles. The van der Waals surface area contributed by atoms with Crippen LogP contribution in [0.25, 0.3) is 0 Å². The average molecular weight is 311 g/mol. The fourth-order valence-electron chi connectivity index (χ4n) is 4.47. The summed E-state index contributed by atoms with van der Waals surface area (Å²) in [5.41, 5.74) is -0.813. The minimum atomic E-state index is -0.813. The van der Waals surface area contributed by atoms with Crippen LogP contribution in [0.5, 0.6) is 0 Å². The standard InChI is InChI=1S/C17H29NO4/c19-15-6-4-5-13(15)14-12-22-10-9-18(14)16(20)11-17(21)7-2-1-3-8-17/h13-15,19,21H,1-12H2/t13-,14+,15-/m0/s1. The van der Waals surface area contributed by atoms with Crippen molar-refractivity contribution in [3.63, 3.8) is 0 Å². The molecule has 5 heteroatoms. The Morgan fingerprint density at radius 2 is 1.95 bits per heavy atom. The third-order valence-electron chi connectivity index (χ3n) is 5.78. The SMILES string of the molecule is O=C(CC1(O)CCCCC1)N1CCOC[C@@H]1[C@@H]1CCC[C@@H]1O. The van der Waals surface area contributed by atoms with E-state index in [1.165, 1.54) is 0 Å². The first kappa shape index (κ1) is 16.2. The van der Waals surface area contributed by atoms with Gasteiger partial charge in [-0.15, -0.1) is 0 Å². The van der Waals surface area contributed by atoms with Crippen LogP contribution >= 0.6 is 0 Å². The third kappa shape index (κ3) is 3.47. The molecule has 1 aliphatic heterocycles. The van der Waals surface area contributed by atoms with Crippen molar-refractivity contribution in [1.82, 2.24) is 4.90 Å². The van der Waals surface area contributed by atoms with Gasteiger partial charge in [0.05, 0.1) is 37.4 Å². The van der Waals surface area contributed by atoms with Gasteiger partial charge in [-0.1, -0.05) is 25.7 Å². The van der Waals surface area contributed by atoms with E-state index in [9.17, 15) is 15.0 Å². The third-order valence-corrected chi connectivity index (χ3v) is 5.78. The summed E-state index contributed by atoms with van der Waals surface area (Å²) < 4.78 is 5.57. The number of amides is 1. The maximum atomic E-state index is 12.8. The zero-order chi connectivity index (χ0) is 15.6. The van der Waals surface area contributed by atoms with Gasteiger partial charge < -0.3 is 19.8 Å². The molecule has 2 saturated carbocycles. The summed E-state index contributed by atoms with van der Waals surface area (Å²) in [7, 11) is 0. The van der Waals surface area contributed by atoms with Gasteiger partial charge >= 0.3 is 0 Å². The number of aliphatic hydroxyl groups is 2. The van der Waals surface area contributed by atoms with E-state index in [0.29, 0.717) is 19.8 Å². The molecule has 126 valence electrons. The maximum absolute atomic E-state index is 12.8. The van der Waals surface area contributed by atoms with Gasteiger partial charge in [0, 0.05) is 12.5 Å². The molecule has 1 heterocycles. The minimum Gasteiger partial charge on any atom is -0.393 e. The quantitative estimate of drug-likeness (QED) is 0.828. The molecule has 0 radical (unpaired) electrons. The van der Waals surface area contributed by atoms with Crippen LogP contribution in [-0.4, -0.2) is 58.5 Å². The molecule has 3 rings (SSSR count). The highest BCUT2D eigenvalue weighted by Crippen LogP contribution is 2.35. The largest absolute Gasteiger partial charge is 0.393 e. The molecule has 2 aliphatic carbocycles. The number of rotatable bonds is 3. The van der Waals surface area contributed by atoms with Gasteiger partial charge in [0.2, 0.25) is 5.91 Å². The summed E-state index contributed by atoms with van der Waals surface area (Å²) in [6, 6.07) is -0.0223. The van der Waals surface area contributed by atoms with Gasteiger partial charge in [0.15, 0.2) is 0 Å². The van der Waals surface area contributed by atoms with Crippen molar-refractivity contribution in [1.29, 1.82) is 0 Å². The number of morpholine rings is 1. The molecule has 5 nitrogen and oxygen atoms in total. The van der Waals surface area contributed by atoms with Crippen LogP contribution in [0, 0.1) is 5.92 Å². The maximum Gasteiger partial charge on any atom is 0.225 e. The molecule has 0 aromatic heterocycles. The topological polar surface area (TPSA) is 70.0 Å². The molecule has 1 amide bonds. The number of carbonyl (C=O) groups excluding carboxylic acids is 1. The fourth-order valence-corrected chi connectivity index (χ4v) is 4.47. The molecular formula is C17H29NO4. The van der Waals surface area contributed by atoms with Gasteiger partial charge in [-0.3, -0.25) is 4.79 Å². The zero-order valence-corrected chi connectivity index (χ0v) is 13.4. The number of hydrogen-bond donors (Lipinski definition) is 2. The summed E-state index contributed by atoms with van der Waals surface area (Å²) in [5.74, 6) is 0.169. The van der Waals surface area contributed by atoms with Crippen LogP contribution in [0.1, 0.15) is 57.8 Å². The Balaban J connectivity index is 1.66. The second-order valence-electron chi connectivity index (χ2n) is 7.35. The van der Waals surface area contributed by atoms with Gasteiger partial charge in [-0.25, -0.2) is 0 Å². The van der Waals surface area contributed by atoms with Crippen LogP contribution in [0.15, 0.2) is 0 Å². The highest BCUT2D eigenvalue weighted by Gasteiger charge is 2.41. The molecule has 0 spiro atoms. The monoisotopic (exact) mass is 311 g/mol.